The summed E-state index contributed by atoms with van der Waals surface area (Å²) in [5.74, 6) is -2.87. The van der Waals surface area contributed by atoms with E-state index in [2.05, 4.69) is 5.32 Å². The summed E-state index contributed by atoms with van der Waals surface area (Å²) in [5, 5.41) is 23.4. The number of aliphatic carboxylic acids is 1. The number of carboxylic acid groups (broad SMARTS) is 1. The van der Waals surface area contributed by atoms with Crippen molar-refractivity contribution in [1.82, 2.24) is 5.32 Å². The molecule has 0 spiro atoms. The minimum Gasteiger partial charge on any atom is -0.478 e. The van der Waals surface area contributed by atoms with Crippen LogP contribution >= 0.6 is 37.2 Å². The molecule has 27 heavy (non-hydrogen) atoms. The monoisotopic (exact) mass is 440 g/mol. The van der Waals surface area contributed by atoms with Gasteiger partial charge < -0.3 is 15.2 Å². The van der Waals surface area contributed by atoms with Crippen molar-refractivity contribution >= 4 is 54.8 Å². The highest BCUT2D eigenvalue weighted by atomic mass is 35.5. The van der Waals surface area contributed by atoms with E-state index in [1.54, 1.807) is 19.9 Å². The van der Waals surface area contributed by atoms with Gasteiger partial charge in [-0.25, -0.2) is 9.59 Å². The minimum absolute atomic E-state index is 0. The summed E-state index contributed by atoms with van der Waals surface area (Å²) in [6, 6.07) is 5.57. The van der Waals surface area contributed by atoms with Crippen molar-refractivity contribution in [3.63, 3.8) is 0 Å². The van der Waals surface area contributed by atoms with Gasteiger partial charge in [-0.1, -0.05) is 12.1 Å². The number of ether oxygens (including phenoxy) is 1. The van der Waals surface area contributed by atoms with Crippen LogP contribution in [0.25, 0.3) is 0 Å². The highest BCUT2D eigenvalue weighted by molar-refractivity contribution is 5.99. The molecule has 1 atom stereocenters. The number of rotatable bonds is 4. The third kappa shape index (κ3) is 5.35. The third-order valence-electron chi connectivity index (χ3n) is 3.81. The molecule has 0 aromatic heterocycles. The van der Waals surface area contributed by atoms with E-state index in [1.165, 1.54) is 25.3 Å². The molecule has 0 saturated heterocycles. The Kier molecular flexibility index (Phi) is 10.7. The second-order valence-electron chi connectivity index (χ2n) is 5.28. The Balaban J connectivity index is 0. The van der Waals surface area contributed by atoms with Crippen molar-refractivity contribution in [1.29, 1.82) is 0 Å². The van der Waals surface area contributed by atoms with E-state index >= 15 is 0 Å². The van der Waals surface area contributed by atoms with Gasteiger partial charge >= 0.3 is 11.9 Å². The van der Waals surface area contributed by atoms with Crippen molar-refractivity contribution in [2.75, 3.05) is 7.11 Å². The Hall–Kier alpha value is -2.29. The normalized spacial score (nSPS) is 15.4. The molecule has 0 aliphatic carbocycles. The van der Waals surface area contributed by atoms with Crippen LogP contribution in [0.4, 0.5) is 5.69 Å². The van der Waals surface area contributed by atoms with Crippen molar-refractivity contribution in [2.24, 2.45) is 0 Å². The standard InChI is InChI=1S/C16H16N2O6.3ClH/c1-8-12(15(19)20)14(13(9(2)17-8)16(21)24-3)10-5-4-6-11(7-10)18(22)23;;;/h4-7,14,17H,1-3H3,(H,19,20);3*1H. The van der Waals surface area contributed by atoms with Crippen LogP contribution in [0.1, 0.15) is 25.3 Å². The summed E-state index contributed by atoms with van der Waals surface area (Å²) in [4.78, 5) is 34.3. The summed E-state index contributed by atoms with van der Waals surface area (Å²) in [5.41, 5.74) is 1.02. The van der Waals surface area contributed by atoms with E-state index in [1.807, 2.05) is 0 Å². The number of benzene rings is 1. The maximum atomic E-state index is 12.2. The second-order valence-corrected chi connectivity index (χ2v) is 5.28. The van der Waals surface area contributed by atoms with Gasteiger partial charge in [-0.15, -0.1) is 37.2 Å². The quantitative estimate of drug-likeness (QED) is 0.418. The van der Waals surface area contributed by atoms with Crippen LogP contribution < -0.4 is 5.32 Å². The Labute approximate surface area is 174 Å². The van der Waals surface area contributed by atoms with E-state index in [-0.39, 0.29) is 54.1 Å². The molecule has 1 aliphatic rings. The van der Waals surface area contributed by atoms with Crippen molar-refractivity contribution in [3.05, 3.63) is 62.5 Å². The molecule has 0 amide bonds. The summed E-state index contributed by atoms with van der Waals surface area (Å²) in [6.07, 6.45) is 0. The molecule has 1 unspecified atom stereocenters. The Morgan fingerprint density at radius 2 is 1.70 bits per heavy atom. The zero-order valence-electron chi connectivity index (χ0n) is 14.5. The number of non-ortho nitro benzene ring substituents is 1. The van der Waals surface area contributed by atoms with Crippen LogP contribution in [0.3, 0.4) is 0 Å². The lowest BCUT2D eigenvalue weighted by atomic mass is 9.80. The van der Waals surface area contributed by atoms with Gasteiger partial charge in [0.1, 0.15) is 0 Å². The first-order valence-electron chi connectivity index (χ1n) is 7.02. The van der Waals surface area contributed by atoms with Crippen LogP contribution in [0, 0.1) is 10.1 Å². The van der Waals surface area contributed by atoms with Crippen molar-refractivity contribution < 1.29 is 24.4 Å². The van der Waals surface area contributed by atoms with E-state index in [0.717, 1.165) is 0 Å². The number of carbonyl (C=O) groups excluding carboxylic acids is 1. The molecule has 2 rings (SSSR count). The summed E-state index contributed by atoms with van der Waals surface area (Å²) in [6.45, 7) is 3.20. The smallest absolute Gasteiger partial charge is 0.336 e. The van der Waals surface area contributed by atoms with E-state index in [4.69, 9.17) is 4.74 Å². The first-order chi connectivity index (χ1) is 11.3. The number of nitrogens with one attached hydrogen (secondary N) is 1. The molecule has 8 nitrogen and oxygen atoms in total. The average molecular weight is 442 g/mol. The number of dihydropyridines is 1. The highest BCUT2D eigenvalue weighted by Gasteiger charge is 2.37. The molecule has 0 saturated carbocycles. The fraction of sp³-hybridized carbons (Fsp3) is 0.250. The highest BCUT2D eigenvalue weighted by Crippen LogP contribution is 2.39. The fourth-order valence-electron chi connectivity index (χ4n) is 2.81. The number of nitro groups is 1. The van der Waals surface area contributed by atoms with Crippen molar-refractivity contribution in [3.8, 4) is 0 Å². The molecule has 0 radical (unpaired) electrons. The number of esters is 1. The van der Waals surface area contributed by atoms with Crippen LogP contribution in [-0.4, -0.2) is 29.1 Å². The molecular formula is C16H19Cl3N2O6. The van der Waals surface area contributed by atoms with Gasteiger partial charge in [-0.3, -0.25) is 10.1 Å². The number of nitro benzene ring substituents is 1. The predicted octanol–water partition coefficient (Wildman–Crippen LogP) is 3.35. The summed E-state index contributed by atoms with van der Waals surface area (Å²) in [7, 11) is 1.19. The SMILES string of the molecule is COC(=O)C1=C(C)NC(C)=C(C(=O)O)C1c1cccc([N+](=O)[O-])c1.Cl.Cl.Cl. The van der Waals surface area contributed by atoms with Gasteiger partial charge in [0.15, 0.2) is 0 Å². The zero-order valence-corrected chi connectivity index (χ0v) is 17.0. The number of nitrogens with zero attached hydrogens (tertiary/aromatic N) is 1. The molecule has 0 fully saturated rings. The van der Waals surface area contributed by atoms with E-state index < -0.39 is 22.8 Å². The number of hydrogen-bond donors (Lipinski definition) is 2. The van der Waals surface area contributed by atoms with Crippen LogP contribution in [0.2, 0.25) is 0 Å². The van der Waals surface area contributed by atoms with Gasteiger partial charge in [0.05, 0.1) is 29.1 Å². The number of methoxy groups -OCH3 is 1. The van der Waals surface area contributed by atoms with Crippen LogP contribution in [0.5, 0.6) is 0 Å². The molecule has 1 aromatic carbocycles. The molecule has 1 aliphatic heterocycles. The Bertz CT molecular complexity index is 807. The number of carbonyl (C=O) groups is 2. The summed E-state index contributed by atoms with van der Waals surface area (Å²) >= 11 is 0. The van der Waals surface area contributed by atoms with Crippen molar-refractivity contribution in [2.45, 2.75) is 19.8 Å². The lowest BCUT2D eigenvalue weighted by molar-refractivity contribution is -0.384. The van der Waals surface area contributed by atoms with E-state index in [9.17, 15) is 24.8 Å². The lowest BCUT2D eigenvalue weighted by Crippen LogP contribution is -2.31. The molecule has 2 N–H and O–H groups in total. The van der Waals surface area contributed by atoms with Gasteiger partial charge in [0.2, 0.25) is 0 Å². The molecule has 0 bridgehead atoms. The Morgan fingerprint density at radius 3 is 2.19 bits per heavy atom. The first-order valence-corrected chi connectivity index (χ1v) is 7.02. The molecule has 150 valence electrons. The van der Waals surface area contributed by atoms with E-state index in [0.29, 0.717) is 17.0 Å². The molecule has 11 heteroatoms. The topological polar surface area (TPSA) is 119 Å². The summed E-state index contributed by atoms with van der Waals surface area (Å²) < 4.78 is 4.77. The number of allylic oxidation sites excluding steroid dienone is 2. The van der Waals surface area contributed by atoms with Gasteiger partial charge in [0.25, 0.3) is 5.69 Å². The number of carboxylic acids is 1. The zero-order chi connectivity index (χ0) is 18.0. The van der Waals surface area contributed by atoms with Gasteiger partial charge in [-0.05, 0) is 19.4 Å². The predicted molar refractivity (Wildman–Crippen MR) is 106 cm³/mol. The number of halogens is 3. The van der Waals surface area contributed by atoms with Crippen LogP contribution in [-0.2, 0) is 14.3 Å². The second kappa shape index (κ2) is 10.8. The lowest BCUT2D eigenvalue weighted by Gasteiger charge is -2.29. The largest absolute Gasteiger partial charge is 0.478 e. The minimum atomic E-state index is -1.22. The average Bonchev–Trinajstić information content (AvgIpc) is 2.53. The fourth-order valence-corrected chi connectivity index (χ4v) is 2.81. The third-order valence-corrected chi connectivity index (χ3v) is 3.81. The first kappa shape index (κ1) is 26.9. The maximum absolute atomic E-state index is 12.2. The van der Waals surface area contributed by atoms with Crippen LogP contribution in [0.15, 0.2) is 46.8 Å². The molecular weight excluding hydrogens is 423 g/mol. The van der Waals surface area contributed by atoms with Gasteiger partial charge in [-0.2, -0.15) is 0 Å². The Morgan fingerprint density at radius 1 is 1.15 bits per heavy atom. The molecule has 1 heterocycles. The molecule has 1 aromatic rings. The maximum Gasteiger partial charge on any atom is 0.336 e. The van der Waals surface area contributed by atoms with Gasteiger partial charge in [0, 0.05) is 23.5 Å². The number of hydrogen-bond acceptors (Lipinski definition) is 6.